The fourth-order valence-electron chi connectivity index (χ4n) is 3.77. The average molecular weight is 387 g/mol. The van der Waals surface area contributed by atoms with E-state index in [1.54, 1.807) is 6.08 Å². The van der Waals surface area contributed by atoms with Gasteiger partial charge in [-0.1, -0.05) is 31.4 Å². The van der Waals surface area contributed by atoms with E-state index in [-0.39, 0.29) is 31.5 Å². The van der Waals surface area contributed by atoms with Crippen molar-refractivity contribution in [3.05, 3.63) is 35.4 Å². The van der Waals surface area contributed by atoms with Crippen molar-refractivity contribution in [1.82, 2.24) is 0 Å². The molecule has 1 aliphatic carbocycles. The highest BCUT2D eigenvalue weighted by Crippen LogP contribution is 2.33. The number of nitrogens with zero attached hydrogens (tertiary/aromatic N) is 1. The van der Waals surface area contributed by atoms with E-state index < -0.39 is 11.6 Å². The molecule has 2 fully saturated rings. The van der Waals surface area contributed by atoms with Crippen LogP contribution in [0, 0.1) is 5.92 Å². The number of esters is 2. The number of rotatable bonds is 6. The molecule has 6 nitrogen and oxygen atoms in total. The van der Waals surface area contributed by atoms with Crippen LogP contribution in [-0.4, -0.2) is 50.0 Å². The van der Waals surface area contributed by atoms with E-state index in [1.807, 2.05) is 43.3 Å². The fraction of sp³-hybridized carbons (Fsp3) is 0.545. The molecule has 0 aromatic heterocycles. The van der Waals surface area contributed by atoms with Crippen molar-refractivity contribution in [3.63, 3.8) is 0 Å². The highest BCUT2D eigenvalue weighted by Gasteiger charge is 2.45. The molecule has 0 spiro atoms. The SMILES string of the molecule is CN(C)c1ccc(/C=C2/CC(CO)(COC(=O)C3CCCCC3)OC2=O)cc1. The van der Waals surface area contributed by atoms with E-state index in [0.717, 1.165) is 43.4 Å². The standard InChI is InChI=1S/C22H29NO5/c1-23(2)19-10-8-16(9-11-19)12-18-13-22(14-24,28-21(18)26)15-27-20(25)17-6-4-3-5-7-17/h8-12,17,24H,3-7,13-15H2,1-2H3/b18-12-. The molecule has 1 aromatic rings. The summed E-state index contributed by atoms with van der Waals surface area (Å²) in [6.07, 6.45) is 6.92. The van der Waals surface area contributed by atoms with Crippen molar-refractivity contribution in [2.75, 3.05) is 32.2 Å². The van der Waals surface area contributed by atoms with Crippen molar-refractivity contribution < 1.29 is 24.2 Å². The lowest BCUT2D eigenvalue weighted by atomic mass is 9.89. The Morgan fingerprint density at radius 3 is 2.54 bits per heavy atom. The average Bonchev–Trinajstić information content (AvgIpc) is 3.03. The zero-order valence-electron chi connectivity index (χ0n) is 16.6. The van der Waals surface area contributed by atoms with Crippen LogP contribution in [0.2, 0.25) is 0 Å². The van der Waals surface area contributed by atoms with Crippen LogP contribution < -0.4 is 4.90 Å². The normalized spacial score (nSPS) is 24.2. The molecule has 0 amide bonds. The summed E-state index contributed by atoms with van der Waals surface area (Å²) in [7, 11) is 3.93. The molecule has 1 saturated heterocycles. The van der Waals surface area contributed by atoms with Crippen LogP contribution in [0.15, 0.2) is 29.8 Å². The van der Waals surface area contributed by atoms with Gasteiger partial charge in [0, 0.05) is 31.8 Å². The van der Waals surface area contributed by atoms with Gasteiger partial charge in [0.25, 0.3) is 0 Å². The Labute approximate surface area is 166 Å². The zero-order valence-corrected chi connectivity index (χ0v) is 16.6. The molecular weight excluding hydrogens is 358 g/mol. The molecule has 1 atom stereocenters. The Hall–Kier alpha value is -2.34. The van der Waals surface area contributed by atoms with Crippen molar-refractivity contribution in [3.8, 4) is 0 Å². The molecule has 6 heteroatoms. The molecule has 1 aliphatic heterocycles. The van der Waals surface area contributed by atoms with E-state index in [0.29, 0.717) is 5.57 Å². The largest absolute Gasteiger partial charge is 0.461 e. The van der Waals surface area contributed by atoms with Crippen LogP contribution in [0.4, 0.5) is 5.69 Å². The van der Waals surface area contributed by atoms with Crippen molar-refractivity contribution in [1.29, 1.82) is 0 Å². The first-order chi connectivity index (χ1) is 13.4. The Kier molecular flexibility index (Phi) is 6.39. The highest BCUT2D eigenvalue weighted by molar-refractivity contribution is 5.96. The second-order valence-electron chi connectivity index (χ2n) is 8.01. The molecule has 152 valence electrons. The minimum atomic E-state index is -1.18. The molecule has 0 bridgehead atoms. The first kappa shape index (κ1) is 20.4. The predicted molar refractivity (Wildman–Crippen MR) is 107 cm³/mol. The third-order valence-electron chi connectivity index (χ3n) is 5.54. The lowest BCUT2D eigenvalue weighted by Crippen LogP contribution is -2.40. The van der Waals surface area contributed by atoms with Gasteiger partial charge in [0.05, 0.1) is 12.5 Å². The van der Waals surface area contributed by atoms with Gasteiger partial charge in [-0.25, -0.2) is 4.79 Å². The summed E-state index contributed by atoms with van der Waals surface area (Å²) in [6.45, 7) is -0.491. The van der Waals surface area contributed by atoms with E-state index in [4.69, 9.17) is 9.47 Å². The summed E-state index contributed by atoms with van der Waals surface area (Å²) in [6, 6.07) is 7.80. The lowest BCUT2D eigenvalue weighted by molar-refractivity contribution is -0.169. The molecule has 1 unspecified atom stereocenters. The number of aliphatic hydroxyl groups is 1. The smallest absolute Gasteiger partial charge is 0.334 e. The number of hydrogen-bond acceptors (Lipinski definition) is 6. The first-order valence-electron chi connectivity index (χ1n) is 9.91. The third-order valence-corrected chi connectivity index (χ3v) is 5.54. The van der Waals surface area contributed by atoms with Crippen molar-refractivity contribution in [2.24, 2.45) is 5.92 Å². The Morgan fingerprint density at radius 1 is 1.25 bits per heavy atom. The summed E-state index contributed by atoms with van der Waals surface area (Å²) in [5, 5.41) is 9.84. The number of aliphatic hydroxyl groups excluding tert-OH is 1. The van der Waals surface area contributed by atoms with Crippen LogP contribution in [0.25, 0.3) is 6.08 Å². The van der Waals surface area contributed by atoms with E-state index in [1.165, 1.54) is 0 Å². The second-order valence-corrected chi connectivity index (χ2v) is 8.01. The molecule has 1 saturated carbocycles. The van der Waals surface area contributed by atoms with Gasteiger partial charge >= 0.3 is 11.9 Å². The van der Waals surface area contributed by atoms with Crippen molar-refractivity contribution >= 4 is 23.7 Å². The Morgan fingerprint density at radius 2 is 1.93 bits per heavy atom. The Balaban J connectivity index is 1.65. The van der Waals surface area contributed by atoms with Crippen LogP contribution in [0.3, 0.4) is 0 Å². The van der Waals surface area contributed by atoms with Gasteiger partial charge in [-0.2, -0.15) is 0 Å². The van der Waals surface area contributed by atoms with Crippen LogP contribution >= 0.6 is 0 Å². The van der Waals surface area contributed by atoms with E-state index >= 15 is 0 Å². The number of anilines is 1. The maximum absolute atomic E-state index is 12.3. The second kappa shape index (κ2) is 8.78. The van der Waals surface area contributed by atoms with Gasteiger partial charge in [0.1, 0.15) is 6.61 Å². The molecule has 3 rings (SSSR count). The van der Waals surface area contributed by atoms with Gasteiger partial charge in [-0.15, -0.1) is 0 Å². The minimum Gasteiger partial charge on any atom is -0.461 e. The van der Waals surface area contributed by atoms with Crippen molar-refractivity contribution in [2.45, 2.75) is 44.1 Å². The summed E-state index contributed by atoms with van der Waals surface area (Å²) < 4.78 is 10.9. The monoisotopic (exact) mass is 387 g/mol. The van der Waals surface area contributed by atoms with Crippen LogP contribution in [0.5, 0.6) is 0 Å². The molecular formula is C22H29NO5. The molecule has 0 radical (unpaired) electrons. The number of benzene rings is 1. The fourth-order valence-corrected chi connectivity index (χ4v) is 3.77. The van der Waals surface area contributed by atoms with E-state index in [9.17, 15) is 14.7 Å². The number of cyclic esters (lactones) is 1. The van der Waals surface area contributed by atoms with Gasteiger partial charge in [0.2, 0.25) is 0 Å². The third kappa shape index (κ3) is 4.73. The lowest BCUT2D eigenvalue weighted by Gasteiger charge is -2.26. The summed E-state index contributed by atoms with van der Waals surface area (Å²) in [5.41, 5.74) is 1.23. The summed E-state index contributed by atoms with van der Waals surface area (Å²) in [5.74, 6) is -0.799. The quantitative estimate of drug-likeness (QED) is 0.597. The van der Waals surface area contributed by atoms with E-state index in [2.05, 4.69) is 0 Å². The maximum Gasteiger partial charge on any atom is 0.334 e. The Bertz CT molecular complexity index is 734. The number of ether oxygens (including phenoxy) is 2. The predicted octanol–water partition coefficient (Wildman–Crippen LogP) is 2.94. The van der Waals surface area contributed by atoms with Gasteiger partial charge in [0.15, 0.2) is 5.60 Å². The number of carbonyl (C=O) groups is 2. The molecule has 1 heterocycles. The van der Waals surface area contributed by atoms with Crippen LogP contribution in [0.1, 0.15) is 44.1 Å². The number of carbonyl (C=O) groups excluding carboxylic acids is 2. The topological polar surface area (TPSA) is 76.1 Å². The molecule has 2 aliphatic rings. The summed E-state index contributed by atoms with van der Waals surface area (Å²) >= 11 is 0. The van der Waals surface area contributed by atoms with Gasteiger partial charge < -0.3 is 19.5 Å². The minimum absolute atomic E-state index is 0.0770. The highest BCUT2D eigenvalue weighted by atomic mass is 16.6. The molecule has 1 N–H and O–H groups in total. The molecule has 1 aromatic carbocycles. The summed E-state index contributed by atoms with van der Waals surface area (Å²) in [4.78, 5) is 26.6. The molecule has 28 heavy (non-hydrogen) atoms. The number of hydrogen-bond donors (Lipinski definition) is 1. The van der Waals surface area contributed by atoms with Crippen LogP contribution in [-0.2, 0) is 19.1 Å². The zero-order chi connectivity index (χ0) is 20.1. The van der Waals surface area contributed by atoms with Gasteiger partial charge in [-0.3, -0.25) is 4.79 Å². The maximum atomic E-state index is 12.3. The first-order valence-corrected chi connectivity index (χ1v) is 9.91. The van der Waals surface area contributed by atoms with Gasteiger partial charge in [-0.05, 0) is 36.6 Å².